The van der Waals surface area contributed by atoms with Gasteiger partial charge in [-0.1, -0.05) is 13.3 Å². The number of amides is 1. The molecule has 0 spiro atoms. The molecule has 0 radical (unpaired) electrons. The van der Waals surface area contributed by atoms with Crippen LogP contribution in [-0.4, -0.2) is 31.0 Å². The zero-order valence-corrected chi connectivity index (χ0v) is 12.4. The molecule has 0 aromatic heterocycles. The number of carbonyl (C=O) groups is 1. The number of hydrogen-bond donors (Lipinski definition) is 0. The lowest BCUT2D eigenvalue weighted by atomic mass is 10.1. The van der Waals surface area contributed by atoms with Gasteiger partial charge in [0.25, 0.3) is 5.91 Å². The van der Waals surface area contributed by atoms with Crippen LogP contribution in [0.4, 0.5) is 0 Å². The molecule has 20 heavy (non-hydrogen) atoms. The number of hydrogen-bond acceptors (Lipinski definition) is 3. The molecule has 4 nitrogen and oxygen atoms in total. The van der Waals surface area contributed by atoms with E-state index < -0.39 is 0 Å². The highest BCUT2D eigenvalue weighted by Gasteiger charge is 2.14. The Labute approximate surface area is 121 Å². The molecule has 0 aliphatic heterocycles. The van der Waals surface area contributed by atoms with Crippen LogP contribution < -0.4 is 4.74 Å². The fourth-order valence-electron chi connectivity index (χ4n) is 1.78. The molecule has 1 atom stereocenters. The van der Waals surface area contributed by atoms with E-state index in [2.05, 4.69) is 13.0 Å². The van der Waals surface area contributed by atoms with Crippen LogP contribution in [0, 0.1) is 17.2 Å². The fourth-order valence-corrected chi connectivity index (χ4v) is 1.78. The van der Waals surface area contributed by atoms with Crippen molar-refractivity contribution in [2.45, 2.75) is 26.7 Å². The van der Waals surface area contributed by atoms with E-state index in [1.807, 2.05) is 12.1 Å². The van der Waals surface area contributed by atoms with Crippen LogP contribution in [0.1, 0.15) is 37.0 Å². The van der Waals surface area contributed by atoms with Gasteiger partial charge in [-0.05, 0) is 37.6 Å². The van der Waals surface area contributed by atoms with Crippen LogP contribution in [0.15, 0.2) is 24.3 Å². The molecule has 1 rings (SSSR count). The highest BCUT2D eigenvalue weighted by molar-refractivity contribution is 5.94. The van der Waals surface area contributed by atoms with Crippen molar-refractivity contribution >= 4 is 5.91 Å². The Morgan fingerprint density at radius 1 is 1.40 bits per heavy atom. The molecule has 1 amide bonds. The third kappa shape index (κ3) is 4.93. The first-order valence-corrected chi connectivity index (χ1v) is 6.96. The second kappa shape index (κ2) is 8.21. The standard InChI is InChI=1S/C16H22N2O2/c1-4-5-10-20-15-8-6-14(7-9-15)16(19)18(3)12-13(2)11-17/h6-9,13H,4-5,10,12H2,1-3H3. The lowest BCUT2D eigenvalue weighted by molar-refractivity contribution is 0.0785. The minimum Gasteiger partial charge on any atom is -0.494 e. The SMILES string of the molecule is CCCCOc1ccc(C(=O)N(C)CC(C)C#N)cc1. The Balaban J connectivity index is 2.59. The fraction of sp³-hybridized carbons (Fsp3) is 0.500. The average molecular weight is 274 g/mol. The summed E-state index contributed by atoms with van der Waals surface area (Å²) < 4.78 is 5.56. The van der Waals surface area contributed by atoms with Gasteiger partial charge in [0.2, 0.25) is 0 Å². The summed E-state index contributed by atoms with van der Waals surface area (Å²) in [4.78, 5) is 13.7. The Bertz CT molecular complexity index is 462. The largest absolute Gasteiger partial charge is 0.494 e. The average Bonchev–Trinajstić information content (AvgIpc) is 2.47. The molecule has 1 aromatic carbocycles. The van der Waals surface area contributed by atoms with Crippen molar-refractivity contribution in [2.75, 3.05) is 20.2 Å². The van der Waals surface area contributed by atoms with E-state index >= 15 is 0 Å². The summed E-state index contributed by atoms with van der Waals surface area (Å²) in [5, 5.41) is 8.77. The van der Waals surface area contributed by atoms with Crippen molar-refractivity contribution in [1.29, 1.82) is 5.26 Å². The first-order valence-electron chi connectivity index (χ1n) is 6.96. The molecule has 108 valence electrons. The Morgan fingerprint density at radius 3 is 2.60 bits per heavy atom. The quantitative estimate of drug-likeness (QED) is 0.718. The van der Waals surface area contributed by atoms with Crippen molar-refractivity contribution in [3.05, 3.63) is 29.8 Å². The van der Waals surface area contributed by atoms with E-state index in [1.54, 1.807) is 31.0 Å². The lowest BCUT2D eigenvalue weighted by Gasteiger charge is -2.18. The number of rotatable bonds is 7. The van der Waals surface area contributed by atoms with Crippen LogP contribution >= 0.6 is 0 Å². The number of unbranched alkanes of at least 4 members (excludes halogenated alkanes) is 1. The summed E-state index contributed by atoms with van der Waals surface area (Å²) in [6.07, 6.45) is 2.12. The summed E-state index contributed by atoms with van der Waals surface area (Å²) in [6, 6.07) is 9.27. The van der Waals surface area contributed by atoms with Gasteiger partial charge < -0.3 is 9.64 Å². The minimum atomic E-state index is -0.166. The predicted molar refractivity (Wildman–Crippen MR) is 78.6 cm³/mol. The molecule has 0 aliphatic carbocycles. The van der Waals surface area contributed by atoms with E-state index in [0.29, 0.717) is 18.7 Å². The highest BCUT2D eigenvalue weighted by atomic mass is 16.5. The van der Waals surface area contributed by atoms with Crippen LogP contribution in [0.25, 0.3) is 0 Å². The molecule has 4 heteroatoms. The number of ether oxygens (including phenoxy) is 1. The summed E-state index contributed by atoms with van der Waals surface area (Å²) in [6.45, 7) is 5.05. The lowest BCUT2D eigenvalue weighted by Crippen LogP contribution is -2.30. The molecule has 0 heterocycles. The van der Waals surface area contributed by atoms with Crippen LogP contribution in [0.2, 0.25) is 0 Å². The molecule has 1 unspecified atom stereocenters. The zero-order chi connectivity index (χ0) is 15.0. The van der Waals surface area contributed by atoms with Gasteiger partial charge >= 0.3 is 0 Å². The van der Waals surface area contributed by atoms with E-state index in [9.17, 15) is 4.79 Å². The van der Waals surface area contributed by atoms with Gasteiger partial charge in [-0.25, -0.2) is 0 Å². The second-order valence-corrected chi connectivity index (χ2v) is 4.94. The van der Waals surface area contributed by atoms with Crippen molar-refractivity contribution in [2.24, 2.45) is 5.92 Å². The summed E-state index contributed by atoms with van der Waals surface area (Å²) in [7, 11) is 1.71. The molecule has 0 saturated heterocycles. The number of carbonyl (C=O) groups excluding carboxylic acids is 1. The van der Waals surface area contributed by atoms with Crippen LogP contribution in [0.5, 0.6) is 5.75 Å². The molecule has 0 saturated carbocycles. The van der Waals surface area contributed by atoms with Crippen molar-refractivity contribution in [1.82, 2.24) is 4.90 Å². The molecule has 0 bridgehead atoms. The molecule has 0 aliphatic rings. The topological polar surface area (TPSA) is 53.3 Å². The third-order valence-corrected chi connectivity index (χ3v) is 2.98. The van der Waals surface area contributed by atoms with Crippen LogP contribution in [0.3, 0.4) is 0 Å². The molecular weight excluding hydrogens is 252 g/mol. The Kier molecular flexibility index (Phi) is 6.58. The van der Waals surface area contributed by atoms with Crippen molar-refractivity contribution in [3.63, 3.8) is 0 Å². The van der Waals surface area contributed by atoms with Crippen molar-refractivity contribution in [3.8, 4) is 11.8 Å². The van der Waals surface area contributed by atoms with Crippen molar-refractivity contribution < 1.29 is 9.53 Å². The maximum Gasteiger partial charge on any atom is 0.253 e. The van der Waals surface area contributed by atoms with E-state index in [1.165, 1.54) is 0 Å². The van der Waals surface area contributed by atoms with Crippen LogP contribution in [-0.2, 0) is 0 Å². The first-order chi connectivity index (χ1) is 9.58. The molecule has 0 fully saturated rings. The molecule has 1 aromatic rings. The second-order valence-electron chi connectivity index (χ2n) is 4.94. The number of nitrogens with zero attached hydrogens (tertiary/aromatic N) is 2. The number of nitriles is 1. The zero-order valence-electron chi connectivity index (χ0n) is 12.4. The first kappa shape index (κ1) is 16.0. The predicted octanol–water partition coefficient (Wildman–Crippen LogP) is 3.10. The van der Waals surface area contributed by atoms with Gasteiger partial charge in [0.15, 0.2) is 0 Å². The van der Waals surface area contributed by atoms with Gasteiger partial charge in [-0.3, -0.25) is 4.79 Å². The molecular formula is C16H22N2O2. The highest BCUT2D eigenvalue weighted by Crippen LogP contribution is 2.14. The minimum absolute atomic E-state index is 0.0767. The Hall–Kier alpha value is -2.02. The smallest absolute Gasteiger partial charge is 0.253 e. The third-order valence-electron chi connectivity index (χ3n) is 2.98. The summed E-state index contributed by atoms with van der Waals surface area (Å²) in [5.74, 6) is 0.538. The maximum atomic E-state index is 12.1. The Morgan fingerprint density at radius 2 is 2.05 bits per heavy atom. The monoisotopic (exact) mass is 274 g/mol. The number of benzene rings is 1. The molecule has 0 N–H and O–H groups in total. The van der Waals surface area contributed by atoms with Gasteiger partial charge in [-0.2, -0.15) is 5.26 Å². The van der Waals surface area contributed by atoms with Gasteiger partial charge in [-0.15, -0.1) is 0 Å². The summed E-state index contributed by atoms with van der Waals surface area (Å²) in [5.41, 5.74) is 0.612. The van der Waals surface area contributed by atoms with E-state index in [0.717, 1.165) is 18.6 Å². The normalized spacial score (nSPS) is 11.5. The van der Waals surface area contributed by atoms with Gasteiger partial charge in [0, 0.05) is 19.2 Å². The maximum absolute atomic E-state index is 12.1. The summed E-state index contributed by atoms with van der Waals surface area (Å²) >= 11 is 0. The van der Waals surface area contributed by atoms with E-state index in [4.69, 9.17) is 10.00 Å². The van der Waals surface area contributed by atoms with Gasteiger partial charge in [0.05, 0.1) is 18.6 Å². The van der Waals surface area contributed by atoms with Gasteiger partial charge in [0.1, 0.15) is 5.75 Å². The van der Waals surface area contributed by atoms with E-state index in [-0.39, 0.29) is 11.8 Å².